The average molecular weight is 385 g/mol. The summed E-state index contributed by atoms with van der Waals surface area (Å²) in [7, 11) is 0. The highest BCUT2D eigenvalue weighted by molar-refractivity contribution is 5.70. The summed E-state index contributed by atoms with van der Waals surface area (Å²) in [6, 6.07) is 1.99. The number of carbonyl (C=O) groups is 1. The SMILES string of the molecule is CCC(CCc1ccc(C(F)(F)F)c(C(F)(F)F)c1)CC(CN)C(=O)O. The van der Waals surface area contributed by atoms with Gasteiger partial charge >= 0.3 is 18.3 Å². The molecule has 0 aliphatic heterocycles. The van der Waals surface area contributed by atoms with Gasteiger partial charge in [-0.05, 0) is 42.9 Å². The van der Waals surface area contributed by atoms with Crippen molar-refractivity contribution in [1.29, 1.82) is 0 Å². The number of benzene rings is 1. The second-order valence-corrected chi connectivity index (χ2v) is 6.19. The number of carboxylic acid groups (broad SMARTS) is 1. The molecule has 9 heteroatoms. The predicted octanol–water partition coefficient (Wildman–Crippen LogP) is 4.73. The van der Waals surface area contributed by atoms with Gasteiger partial charge < -0.3 is 10.8 Å². The first-order valence-electron chi connectivity index (χ1n) is 8.10. The highest BCUT2D eigenvalue weighted by Gasteiger charge is 2.43. The fourth-order valence-corrected chi connectivity index (χ4v) is 2.79. The van der Waals surface area contributed by atoms with Gasteiger partial charge in [0.1, 0.15) is 0 Å². The Bertz CT molecular complexity index is 612. The van der Waals surface area contributed by atoms with Crippen LogP contribution in [0.25, 0.3) is 0 Å². The quantitative estimate of drug-likeness (QED) is 0.636. The molecular weight excluding hydrogens is 364 g/mol. The molecule has 2 atom stereocenters. The summed E-state index contributed by atoms with van der Waals surface area (Å²) in [4.78, 5) is 11.0. The maximum Gasteiger partial charge on any atom is 0.417 e. The molecule has 2 unspecified atom stereocenters. The number of alkyl halides is 6. The van der Waals surface area contributed by atoms with Crippen LogP contribution in [0.5, 0.6) is 0 Å². The molecular formula is C17H21F6NO2. The van der Waals surface area contributed by atoms with Gasteiger partial charge in [0, 0.05) is 6.54 Å². The maximum atomic E-state index is 13.0. The van der Waals surface area contributed by atoms with Crippen LogP contribution in [0.3, 0.4) is 0 Å². The number of aryl methyl sites for hydroxylation is 1. The molecule has 1 aromatic carbocycles. The van der Waals surface area contributed by atoms with Crippen LogP contribution in [-0.2, 0) is 23.6 Å². The minimum atomic E-state index is -5.11. The molecule has 0 spiro atoms. The lowest BCUT2D eigenvalue weighted by atomic mass is 9.87. The molecule has 1 aromatic rings. The van der Waals surface area contributed by atoms with E-state index < -0.39 is 35.4 Å². The summed E-state index contributed by atoms with van der Waals surface area (Å²) in [6.45, 7) is 1.76. The molecule has 3 nitrogen and oxygen atoms in total. The molecule has 0 bridgehead atoms. The van der Waals surface area contributed by atoms with Crippen molar-refractivity contribution in [2.45, 2.75) is 45.0 Å². The third kappa shape index (κ3) is 6.19. The van der Waals surface area contributed by atoms with Crippen molar-refractivity contribution in [2.75, 3.05) is 6.54 Å². The number of rotatable bonds is 8. The number of halogens is 6. The fraction of sp³-hybridized carbons (Fsp3) is 0.588. The number of nitrogens with two attached hydrogens (primary N) is 1. The van der Waals surface area contributed by atoms with Gasteiger partial charge in [-0.3, -0.25) is 4.79 Å². The van der Waals surface area contributed by atoms with E-state index in [1.54, 1.807) is 0 Å². The first kappa shape index (κ1) is 22.3. The Morgan fingerprint density at radius 3 is 2.12 bits per heavy atom. The Labute approximate surface area is 147 Å². The zero-order valence-electron chi connectivity index (χ0n) is 14.1. The predicted molar refractivity (Wildman–Crippen MR) is 83.3 cm³/mol. The first-order chi connectivity index (χ1) is 11.9. The number of hydrogen-bond donors (Lipinski definition) is 2. The topological polar surface area (TPSA) is 63.3 Å². The van der Waals surface area contributed by atoms with Gasteiger partial charge in [0.2, 0.25) is 0 Å². The largest absolute Gasteiger partial charge is 0.481 e. The molecule has 0 aliphatic carbocycles. The third-order valence-electron chi connectivity index (χ3n) is 4.37. The normalized spacial score (nSPS) is 14.9. The molecule has 0 heterocycles. The van der Waals surface area contributed by atoms with E-state index in [0.29, 0.717) is 25.0 Å². The van der Waals surface area contributed by atoms with Crippen molar-refractivity contribution in [2.24, 2.45) is 17.6 Å². The molecule has 148 valence electrons. The Morgan fingerprint density at radius 1 is 1.12 bits per heavy atom. The molecule has 0 fully saturated rings. The summed E-state index contributed by atoms with van der Waals surface area (Å²) >= 11 is 0. The molecule has 26 heavy (non-hydrogen) atoms. The molecule has 3 N–H and O–H groups in total. The summed E-state index contributed by atoms with van der Waals surface area (Å²) in [5, 5.41) is 9.02. The van der Waals surface area contributed by atoms with E-state index in [9.17, 15) is 31.1 Å². The van der Waals surface area contributed by atoms with Gasteiger partial charge in [-0.15, -0.1) is 0 Å². The lowest BCUT2D eigenvalue weighted by Crippen LogP contribution is -2.26. The maximum absolute atomic E-state index is 13.0. The zero-order valence-corrected chi connectivity index (χ0v) is 14.1. The van der Waals surface area contributed by atoms with Crippen LogP contribution in [0.1, 0.15) is 42.9 Å². The Morgan fingerprint density at radius 2 is 1.69 bits per heavy atom. The van der Waals surface area contributed by atoms with Gasteiger partial charge in [-0.1, -0.05) is 19.4 Å². The van der Waals surface area contributed by atoms with E-state index >= 15 is 0 Å². The molecule has 0 aromatic heterocycles. The van der Waals surface area contributed by atoms with Gasteiger partial charge in [-0.2, -0.15) is 26.3 Å². The summed E-state index contributed by atoms with van der Waals surface area (Å²) in [5.74, 6) is -1.89. The standard InChI is InChI=1S/C17H21F6NO2/c1-2-10(7-12(9-24)15(25)26)3-4-11-5-6-13(16(18,19)20)14(8-11)17(21,22)23/h5-6,8,10,12H,2-4,7,9,24H2,1H3,(H,25,26). The Hall–Kier alpha value is -1.77. The summed E-state index contributed by atoms with van der Waals surface area (Å²) in [6.07, 6.45) is -8.85. The van der Waals surface area contributed by atoms with E-state index in [4.69, 9.17) is 10.8 Å². The highest BCUT2D eigenvalue weighted by Crippen LogP contribution is 2.40. The van der Waals surface area contributed by atoms with Crippen molar-refractivity contribution in [3.8, 4) is 0 Å². The summed E-state index contributed by atoms with van der Waals surface area (Å²) in [5.41, 5.74) is 2.10. The highest BCUT2D eigenvalue weighted by atomic mass is 19.4. The third-order valence-corrected chi connectivity index (χ3v) is 4.37. The van der Waals surface area contributed by atoms with Gasteiger partial charge in [0.15, 0.2) is 0 Å². The molecule has 0 radical (unpaired) electrons. The minimum Gasteiger partial charge on any atom is -0.481 e. The molecule has 1 rings (SSSR count). The van der Waals surface area contributed by atoms with Gasteiger partial charge in [0.05, 0.1) is 17.0 Å². The average Bonchev–Trinajstić information content (AvgIpc) is 2.52. The van der Waals surface area contributed by atoms with Crippen LogP contribution in [0.2, 0.25) is 0 Å². The van der Waals surface area contributed by atoms with E-state index in [1.165, 1.54) is 0 Å². The lowest BCUT2D eigenvalue weighted by molar-refractivity contribution is -0.162. The second kappa shape index (κ2) is 8.75. The lowest BCUT2D eigenvalue weighted by Gasteiger charge is -2.20. The van der Waals surface area contributed by atoms with Crippen molar-refractivity contribution in [3.63, 3.8) is 0 Å². The van der Waals surface area contributed by atoms with Crippen molar-refractivity contribution < 1.29 is 36.2 Å². The van der Waals surface area contributed by atoms with Crippen LogP contribution in [0.4, 0.5) is 26.3 Å². The second-order valence-electron chi connectivity index (χ2n) is 6.19. The van der Waals surface area contributed by atoms with Crippen LogP contribution in [-0.4, -0.2) is 17.6 Å². The van der Waals surface area contributed by atoms with Crippen LogP contribution in [0, 0.1) is 11.8 Å². The van der Waals surface area contributed by atoms with E-state index in [-0.39, 0.29) is 30.9 Å². The van der Waals surface area contributed by atoms with Gasteiger partial charge in [0.25, 0.3) is 0 Å². The smallest absolute Gasteiger partial charge is 0.417 e. The van der Waals surface area contributed by atoms with Crippen LogP contribution < -0.4 is 5.73 Å². The van der Waals surface area contributed by atoms with Gasteiger partial charge in [-0.25, -0.2) is 0 Å². The monoisotopic (exact) mass is 385 g/mol. The number of aliphatic carboxylic acids is 1. The van der Waals surface area contributed by atoms with E-state index in [1.807, 2.05) is 6.92 Å². The van der Waals surface area contributed by atoms with E-state index in [0.717, 1.165) is 6.07 Å². The van der Waals surface area contributed by atoms with Crippen molar-refractivity contribution >= 4 is 5.97 Å². The molecule has 0 aliphatic rings. The fourth-order valence-electron chi connectivity index (χ4n) is 2.79. The summed E-state index contributed by atoms with van der Waals surface area (Å²) < 4.78 is 77.2. The van der Waals surface area contributed by atoms with Crippen molar-refractivity contribution in [1.82, 2.24) is 0 Å². The Kier molecular flexibility index (Phi) is 7.49. The van der Waals surface area contributed by atoms with Crippen LogP contribution in [0.15, 0.2) is 18.2 Å². The molecule has 0 saturated heterocycles. The Balaban J connectivity index is 2.95. The van der Waals surface area contributed by atoms with Crippen LogP contribution >= 0.6 is 0 Å². The number of hydrogen-bond acceptors (Lipinski definition) is 2. The van der Waals surface area contributed by atoms with Crippen molar-refractivity contribution in [3.05, 3.63) is 34.9 Å². The molecule has 0 amide bonds. The molecule has 0 saturated carbocycles. The zero-order chi connectivity index (χ0) is 20.1. The first-order valence-corrected chi connectivity index (χ1v) is 8.10. The minimum absolute atomic E-state index is 0.0513. The number of carboxylic acids is 1. The van der Waals surface area contributed by atoms with E-state index in [2.05, 4.69) is 0 Å².